The zero-order valence-electron chi connectivity index (χ0n) is 12.9. The van der Waals surface area contributed by atoms with Crippen LogP contribution in [0.3, 0.4) is 0 Å². The van der Waals surface area contributed by atoms with E-state index in [1.807, 2.05) is 18.4 Å². The molecule has 122 valence electrons. The van der Waals surface area contributed by atoms with Crippen molar-refractivity contribution in [2.45, 2.75) is 25.7 Å². The zero-order valence-corrected chi connectivity index (χ0v) is 13.7. The van der Waals surface area contributed by atoms with Gasteiger partial charge >= 0.3 is 0 Å². The standard InChI is InChI=1S/C16H14FN5OS/c1-9-6-7-24-14(9)16(23)18-13-8-11(4-5-12(13)17)22-15(10-2-3-10)19-20-21-22/h4-8,10H,2-3H2,1H3,(H,18,23). The van der Waals surface area contributed by atoms with Crippen LogP contribution in [-0.4, -0.2) is 26.1 Å². The first-order chi connectivity index (χ1) is 11.6. The summed E-state index contributed by atoms with van der Waals surface area (Å²) in [6.45, 7) is 1.85. The number of rotatable bonds is 4. The number of amides is 1. The number of halogens is 1. The van der Waals surface area contributed by atoms with Crippen LogP contribution < -0.4 is 5.32 Å². The first-order valence-corrected chi connectivity index (χ1v) is 8.45. The summed E-state index contributed by atoms with van der Waals surface area (Å²) in [5.74, 6) is 0.310. The molecule has 1 aromatic carbocycles. The quantitative estimate of drug-likeness (QED) is 0.789. The number of anilines is 1. The third-order valence-corrected chi connectivity index (χ3v) is 4.96. The first kappa shape index (κ1) is 14.9. The number of aromatic nitrogens is 4. The summed E-state index contributed by atoms with van der Waals surface area (Å²) in [5, 5.41) is 16.2. The minimum Gasteiger partial charge on any atom is -0.319 e. The molecule has 2 heterocycles. The van der Waals surface area contributed by atoms with Gasteiger partial charge in [0.05, 0.1) is 16.3 Å². The van der Waals surface area contributed by atoms with E-state index in [0.29, 0.717) is 16.5 Å². The Morgan fingerprint density at radius 1 is 1.38 bits per heavy atom. The summed E-state index contributed by atoms with van der Waals surface area (Å²) in [5.41, 5.74) is 1.61. The first-order valence-electron chi connectivity index (χ1n) is 7.57. The molecule has 0 atom stereocenters. The van der Waals surface area contributed by atoms with E-state index in [0.717, 1.165) is 24.2 Å². The molecule has 0 spiro atoms. The van der Waals surface area contributed by atoms with E-state index in [9.17, 15) is 9.18 Å². The Kier molecular flexibility index (Phi) is 3.61. The van der Waals surface area contributed by atoms with E-state index >= 15 is 0 Å². The van der Waals surface area contributed by atoms with Crippen LogP contribution in [0.25, 0.3) is 5.69 Å². The van der Waals surface area contributed by atoms with Crippen molar-refractivity contribution in [1.82, 2.24) is 20.2 Å². The van der Waals surface area contributed by atoms with Crippen LogP contribution in [0.4, 0.5) is 10.1 Å². The minimum atomic E-state index is -0.498. The maximum atomic E-state index is 14.1. The molecule has 4 rings (SSSR count). The van der Waals surface area contributed by atoms with E-state index in [-0.39, 0.29) is 11.6 Å². The molecule has 1 fully saturated rings. The van der Waals surface area contributed by atoms with E-state index in [1.165, 1.54) is 17.4 Å². The summed E-state index contributed by atoms with van der Waals surface area (Å²) in [6.07, 6.45) is 2.12. The number of thiophene rings is 1. The van der Waals surface area contributed by atoms with Crippen molar-refractivity contribution in [3.8, 4) is 5.69 Å². The van der Waals surface area contributed by atoms with Gasteiger partial charge in [-0.05, 0) is 65.4 Å². The highest BCUT2D eigenvalue weighted by Crippen LogP contribution is 2.39. The molecular weight excluding hydrogens is 329 g/mol. The van der Waals surface area contributed by atoms with Gasteiger partial charge < -0.3 is 5.32 Å². The van der Waals surface area contributed by atoms with Gasteiger partial charge in [0, 0.05) is 5.92 Å². The zero-order chi connectivity index (χ0) is 16.7. The normalized spacial score (nSPS) is 13.9. The molecule has 1 aliphatic carbocycles. The molecule has 1 saturated carbocycles. The molecule has 24 heavy (non-hydrogen) atoms. The highest BCUT2D eigenvalue weighted by atomic mass is 32.1. The van der Waals surface area contributed by atoms with Gasteiger partial charge in [-0.15, -0.1) is 16.4 Å². The molecule has 0 radical (unpaired) electrons. The summed E-state index contributed by atoms with van der Waals surface area (Å²) < 4.78 is 15.7. The van der Waals surface area contributed by atoms with Gasteiger partial charge in [0.25, 0.3) is 5.91 Å². The predicted octanol–water partition coefficient (Wildman–Crippen LogP) is 3.30. The fraction of sp³-hybridized carbons (Fsp3) is 0.250. The van der Waals surface area contributed by atoms with Crippen LogP contribution in [0.1, 0.15) is 39.8 Å². The fourth-order valence-corrected chi connectivity index (χ4v) is 3.32. The molecule has 6 nitrogen and oxygen atoms in total. The van der Waals surface area contributed by atoms with Crippen LogP contribution in [0.2, 0.25) is 0 Å². The minimum absolute atomic E-state index is 0.113. The molecule has 3 aromatic rings. The van der Waals surface area contributed by atoms with Crippen LogP contribution >= 0.6 is 11.3 Å². The number of hydrogen-bond acceptors (Lipinski definition) is 5. The molecule has 8 heteroatoms. The Hall–Kier alpha value is -2.61. The molecule has 0 unspecified atom stereocenters. The number of hydrogen-bond donors (Lipinski definition) is 1. The molecule has 0 saturated heterocycles. The van der Waals surface area contributed by atoms with Crippen LogP contribution in [0.5, 0.6) is 0 Å². The van der Waals surface area contributed by atoms with E-state index in [2.05, 4.69) is 20.8 Å². The SMILES string of the molecule is Cc1ccsc1C(=O)Nc1cc(-n2nnnc2C2CC2)ccc1F. The van der Waals surface area contributed by atoms with Crippen molar-refractivity contribution in [3.05, 3.63) is 51.7 Å². The van der Waals surface area contributed by atoms with Crippen molar-refractivity contribution in [2.75, 3.05) is 5.32 Å². The van der Waals surface area contributed by atoms with Gasteiger partial charge in [-0.2, -0.15) is 4.68 Å². The second kappa shape index (κ2) is 5.79. The fourth-order valence-electron chi connectivity index (χ4n) is 2.50. The van der Waals surface area contributed by atoms with Crippen molar-refractivity contribution in [2.24, 2.45) is 0 Å². The average molecular weight is 343 g/mol. The maximum absolute atomic E-state index is 14.1. The van der Waals surface area contributed by atoms with Gasteiger partial charge in [-0.1, -0.05) is 0 Å². The van der Waals surface area contributed by atoms with Crippen molar-refractivity contribution < 1.29 is 9.18 Å². The number of nitrogens with zero attached hydrogens (tertiary/aromatic N) is 4. The number of carbonyl (C=O) groups excluding carboxylic acids is 1. The molecule has 0 bridgehead atoms. The molecule has 1 aliphatic rings. The second-order valence-electron chi connectivity index (χ2n) is 5.77. The van der Waals surface area contributed by atoms with Crippen LogP contribution in [-0.2, 0) is 0 Å². The van der Waals surface area contributed by atoms with Gasteiger partial charge in [0.15, 0.2) is 5.82 Å². The Bertz CT molecular complexity index is 915. The third-order valence-electron chi connectivity index (χ3n) is 3.95. The lowest BCUT2D eigenvalue weighted by Gasteiger charge is -2.09. The van der Waals surface area contributed by atoms with Gasteiger partial charge in [0.2, 0.25) is 0 Å². The third kappa shape index (κ3) is 2.69. The molecule has 0 aliphatic heterocycles. The second-order valence-corrected chi connectivity index (χ2v) is 6.69. The van der Waals surface area contributed by atoms with E-state index < -0.39 is 5.82 Å². The lowest BCUT2D eigenvalue weighted by molar-refractivity contribution is 0.102. The monoisotopic (exact) mass is 343 g/mol. The Labute approximate surface area is 141 Å². The highest BCUT2D eigenvalue weighted by Gasteiger charge is 2.30. The number of nitrogens with one attached hydrogen (secondary N) is 1. The number of benzene rings is 1. The lowest BCUT2D eigenvalue weighted by Crippen LogP contribution is -2.13. The topological polar surface area (TPSA) is 72.7 Å². The lowest BCUT2D eigenvalue weighted by atomic mass is 10.2. The highest BCUT2D eigenvalue weighted by molar-refractivity contribution is 7.12. The Morgan fingerprint density at radius 3 is 2.92 bits per heavy atom. The molecule has 2 aromatic heterocycles. The molecule has 1 N–H and O–H groups in total. The number of tetrazole rings is 1. The van der Waals surface area contributed by atoms with Gasteiger partial charge in [0.1, 0.15) is 5.82 Å². The molecular formula is C16H14FN5OS. The van der Waals surface area contributed by atoms with Gasteiger partial charge in [-0.25, -0.2) is 4.39 Å². The summed E-state index contributed by atoms with van der Waals surface area (Å²) in [4.78, 5) is 12.9. The summed E-state index contributed by atoms with van der Waals surface area (Å²) in [7, 11) is 0. The molecule has 1 amide bonds. The predicted molar refractivity (Wildman–Crippen MR) is 88.1 cm³/mol. The number of carbonyl (C=O) groups is 1. The summed E-state index contributed by atoms with van der Waals surface area (Å²) in [6, 6.07) is 6.32. The smallest absolute Gasteiger partial charge is 0.266 e. The van der Waals surface area contributed by atoms with Crippen molar-refractivity contribution >= 4 is 22.9 Å². The number of aryl methyl sites for hydroxylation is 1. The van der Waals surface area contributed by atoms with Gasteiger partial charge in [-0.3, -0.25) is 4.79 Å². The summed E-state index contributed by atoms with van der Waals surface area (Å²) >= 11 is 1.33. The van der Waals surface area contributed by atoms with Crippen molar-refractivity contribution in [1.29, 1.82) is 0 Å². The Balaban J connectivity index is 1.65. The van der Waals surface area contributed by atoms with Crippen molar-refractivity contribution in [3.63, 3.8) is 0 Å². The largest absolute Gasteiger partial charge is 0.319 e. The van der Waals surface area contributed by atoms with E-state index in [1.54, 1.807) is 16.8 Å². The maximum Gasteiger partial charge on any atom is 0.266 e. The van der Waals surface area contributed by atoms with Crippen LogP contribution in [0.15, 0.2) is 29.6 Å². The van der Waals surface area contributed by atoms with E-state index in [4.69, 9.17) is 0 Å². The van der Waals surface area contributed by atoms with Crippen LogP contribution in [0, 0.1) is 12.7 Å². The Morgan fingerprint density at radius 2 is 2.21 bits per heavy atom. The average Bonchev–Trinajstić information content (AvgIpc) is 3.13.